The molecule has 0 aliphatic rings. The van der Waals surface area contributed by atoms with Gasteiger partial charge in [-0.2, -0.15) is 43.9 Å². The number of ether oxygens (including phenoxy) is 1. The lowest BCUT2D eigenvalue weighted by Gasteiger charge is -2.31. The van der Waals surface area contributed by atoms with Crippen LogP contribution in [-0.4, -0.2) is 75.1 Å². The van der Waals surface area contributed by atoms with Crippen LogP contribution < -0.4 is 5.32 Å². The molecule has 1 atom stereocenters. The van der Waals surface area contributed by atoms with Crippen LogP contribution in [0.2, 0.25) is 0 Å². The third kappa shape index (κ3) is 6.78. The molecule has 1 amide bonds. The quantitative estimate of drug-likeness (QED) is 0.379. The highest BCUT2D eigenvalue weighted by atomic mass is 19.4. The SMILES string of the molecule is C[N+](C)(C)CCCNC(=O)C(OC(F)(F)C(F)(F)C(F)(F)F)C(F)(F)F. The van der Waals surface area contributed by atoms with Crippen molar-refractivity contribution in [3.05, 3.63) is 0 Å². The first-order valence-electron chi connectivity index (χ1n) is 6.87. The number of carbonyl (C=O) groups is 1. The fourth-order valence-corrected chi connectivity index (χ4v) is 1.51. The molecule has 0 saturated carbocycles. The standard InChI is InChI=1S/C12H16F10N2O2/c1-24(2,3)6-4-5-23-8(25)7(9(13,14)15)26-12(21,22)10(16,17)11(18,19)20/h7H,4-6H2,1-3H3/p+1. The van der Waals surface area contributed by atoms with E-state index in [1.54, 1.807) is 21.1 Å². The number of alkyl halides is 10. The summed E-state index contributed by atoms with van der Waals surface area (Å²) in [6.07, 6.45) is -23.6. The Labute approximate surface area is 141 Å². The molecule has 0 bridgehead atoms. The van der Waals surface area contributed by atoms with Gasteiger partial charge in [0.25, 0.3) is 5.91 Å². The van der Waals surface area contributed by atoms with Gasteiger partial charge in [0.05, 0.1) is 27.7 Å². The summed E-state index contributed by atoms with van der Waals surface area (Å²) in [5.74, 6) is -9.25. The number of nitrogens with zero attached hydrogens (tertiary/aromatic N) is 1. The van der Waals surface area contributed by atoms with Crippen LogP contribution in [0.15, 0.2) is 0 Å². The lowest BCUT2D eigenvalue weighted by molar-refractivity contribution is -0.870. The summed E-state index contributed by atoms with van der Waals surface area (Å²) in [7, 11) is 5.09. The van der Waals surface area contributed by atoms with Gasteiger partial charge in [-0.3, -0.25) is 9.53 Å². The fraction of sp³-hybridized carbons (Fsp3) is 0.917. The average molecular weight is 411 g/mol. The second kappa shape index (κ2) is 7.74. The molecule has 26 heavy (non-hydrogen) atoms. The maximum atomic E-state index is 13.0. The molecule has 0 aromatic carbocycles. The van der Waals surface area contributed by atoms with E-state index in [1.165, 1.54) is 5.32 Å². The highest BCUT2D eigenvalue weighted by Crippen LogP contribution is 2.48. The van der Waals surface area contributed by atoms with Gasteiger partial charge in [-0.1, -0.05) is 0 Å². The van der Waals surface area contributed by atoms with E-state index in [2.05, 4.69) is 4.74 Å². The largest absolute Gasteiger partial charge is 0.462 e. The van der Waals surface area contributed by atoms with Crippen molar-refractivity contribution >= 4 is 5.91 Å². The van der Waals surface area contributed by atoms with E-state index >= 15 is 0 Å². The molecule has 0 rings (SSSR count). The normalized spacial score (nSPS) is 15.7. The predicted molar refractivity (Wildman–Crippen MR) is 67.4 cm³/mol. The zero-order chi connectivity index (χ0) is 21.2. The van der Waals surface area contributed by atoms with Crippen LogP contribution in [-0.2, 0) is 9.53 Å². The van der Waals surface area contributed by atoms with Gasteiger partial charge in [-0.25, -0.2) is 0 Å². The third-order valence-electron chi connectivity index (χ3n) is 2.83. The van der Waals surface area contributed by atoms with Crippen molar-refractivity contribution in [2.75, 3.05) is 34.2 Å². The predicted octanol–water partition coefficient (Wildman–Crippen LogP) is 2.94. The minimum atomic E-state index is -6.94. The highest BCUT2D eigenvalue weighted by molar-refractivity contribution is 5.81. The number of halogens is 10. The van der Waals surface area contributed by atoms with Crippen LogP contribution in [0.25, 0.3) is 0 Å². The van der Waals surface area contributed by atoms with Crippen LogP contribution in [0.3, 0.4) is 0 Å². The smallest absolute Gasteiger partial charge is 0.353 e. The Balaban J connectivity index is 5.21. The summed E-state index contributed by atoms with van der Waals surface area (Å²) < 4.78 is 128. The van der Waals surface area contributed by atoms with Crippen molar-refractivity contribution in [2.24, 2.45) is 0 Å². The Morgan fingerprint density at radius 1 is 0.962 bits per heavy atom. The molecule has 0 aliphatic heterocycles. The Hall–Kier alpha value is -1.31. The van der Waals surface area contributed by atoms with Crippen molar-refractivity contribution in [1.29, 1.82) is 0 Å². The Kier molecular flexibility index (Phi) is 7.35. The molecular formula is C12H17F10N2O2+. The minimum absolute atomic E-state index is 0.0783. The van der Waals surface area contributed by atoms with E-state index in [1.807, 2.05) is 0 Å². The molecule has 0 aromatic rings. The number of quaternary nitrogens is 1. The van der Waals surface area contributed by atoms with Gasteiger partial charge in [0.2, 0.25) is 6.10 Å². The summed E-state index contributed by atoms with van der Waals surface area (Å²) in [6, 6.07) is 0. The van der Waals surface area contributed by atoms with Crippen LogP contribution in [0, 0.1) is 0 Å². The Morgan fingerprint density at radius 3 is 1.77 bits per heavy atom. The molecule has 0 aliphatic carbocycles. The van der Waals surface area contributed by atoms with Gasteiger partial charge in [0.15, 0.2) is 0 Å². The van der Waals surface area contributed by atoms with Crippen molar-refractivity contribution in [1.82, 2.24) is 5.32 Å². The van der Waals surface area contributed by atoms with Gasteiger partial charge in [0.1, 0.15) is 0 Å². The molecule has 14 heteroatoms. The topological polar surface area (TPSA) is 38.3 Å². The van der Waals surface area contributed by atoms with Gasteiger partial charge >= 0.3 is 24.4 Å². The summed E-state index contributed by atoms with van der Waals surface area (Å²) >= 11 is 0. The van der Waals surface area contributed by atoms with Crippen LogP contribution in [0.1, 0.15) is 6.42 Å². The lowest BCUT2D eigenvalue weighted by atomic mass is 10.2. The number of hydrogen-bond acceptors (Lipinski definition) is 2. The van der Waals surface area contributed by atoms with Gasteiger partial charge in [-0.05, 0) is 0 Å². The number of nitrogens with one attached hydrogen (secondary N) is 1. The number of rotatable bonds is 8. The lowest BCUT2D eigenvalue weighted by Crippen LogP contribution is -2.58. The van der Waals surface area contributed by atoms with Crippen LogP contribution >= 0.6 is 0 Å². The van der Waals surface area contributed by atoms with E-state index in [0.717, 1.165) is 0 Å². The number of carbonyl (C=O) groups excluding carboxylic acids is 1. The molecule has 0 saturated heterocycles. The van der Waals surface area contributed by atoms with E-state index in [-0.39, 0.29) is 6.42 Å². The van der Waals surface area contributed by atoms with E-state index in [9.17, 15) is 48.7 Å². The molecule has 0 fully saturated rings. The van der Waals surface area contributed by atoms with Gasteiger partial charge in [-0.15, -0.1) is 0 Å². The molecule has 156 valence electrons. The molecule has 0 spiro atoms. The zero-order valence-corrected chi connectivity index (χ0v) is 13.7. The minimum Gasteiger partial charge on any atom is -0.353 e. The number of amides is 1. The Bertz CT molecular complexity index is 482. The van der Waals surface area contributed by atoms with Crippen molar-refractivity contribution in [3.8, 4) is 0 Å². The second-order valence-electron chi connectivity index (χ2n) is 6.29. The Morgan fingerprint density at radius 2 is 1.42 bits per heavy atom. The summed E-state index contributed by atoms with van der Waals surface area (Å²) in [6.45, 7) is -0.133. The average Bonchev–Trinajstić information content (AvgIpc) is 2.37. The van der Waals surface area contributed by atoms with Crippen LogP contribution in [0.4, 0.5) is 43.9 Å². The molecular weight excluding hydrogens is 394 g/mol. The van der Waals surface area contributed by atoms with E-state index in [4.69, 9.17) is 0 Å². The summed E-state index contributed by atoms with van der Waals surface area (Å²) in [4.78, 5) is 11.3. The molecule has 1 N–H and O–H groups in total. The molecule has 4 nitrogen and oxygen atoms in total. The van der Waals surface area contributed by atoms with Crippen molar-refractivity contribution < 1.29 is 57.9 Å². The van der Waals surface area contributed by atoms with Gasteiger partial charge < -0.3 is 9.80 Å². The maximum absolute atomic E-state index is 13.0. The molecule has 0 heterocycles. The van der Waals surface area contributed by atoms with Crippen molar-refractivity contribution in [3.63, 3.8) is 0 Å². The third-order valence-corrected chi connectivity index (χ3v) is 2.83. The molecule has 0 radical (unpaired) electrons. The van der Waals surface area contributed by atoms with E-state index < -0.39 is 42.9 Å². The van der Waals surface area contributed by atoms with Crippen LogP contribution in [0.5, 0.6) is 0 Å². The highest BCUT2D eigenvalue weighted by Gasteiger charge is 2.76. The first kappa shape index (κ1) is 24.7. The second-order valence-corrected chi connectivity index (χ2v) is 6.29. The monoisotopic (exact) mass is 411 g/mol. The molecule has 1 unspecified atom stereocenters. The zero-order valence-electron chi connectivity index (χ0n) is 13.7. The van der Waals surface area contributed by atoms with Gasteiger partial charge in [0, 0.05) is 13.0 Å². The molecule has 0 aromatic heterocycles. The maximum Gasteiger partial charge on any atom is 0.462 e. The first-order valence-corrected chi connectivity index (χ1v) is 6.87. The fourth-order valence-electron chi connectivity index (χ4n) is 1.51. The summed E-state index contributed by atoms with van der Waals surface area (Å²) in [5.41, 5.74) is 0. The number of hydrogen-bond donors (Lipinski definition) is 1. The van der Waals surface area contributed by atoms with E-state index in [0.29, 0.717) is 11.0 Å². The first-order chi connectivity index (χ1) is 11.2. The summed E-state index contributed by atoms with van der Waals surface area (Å²) in [5, 5.41) is 1.52. The van der Waals surface area contributed by atoms with Crippen molar-refractivity contribution in [2.45, 2.75) is 36.9 Å².